The Bertz CT molecular complexity index is 462. The number of hydrogen-bond acceptors (Lipinski definition) is 2. The second kappa shape index (κ2) is 4.30. The van der Waals surface area contributed by atoms with E-state index in [1.54, 1.807) is 16.8 Å². The van der Waals surface area contributed by atoms with Crippen LogP contribution in [-0.2, 0) is 6.54 Å². The third-order valence-electron chi connectivity index (χ3n) is 2.38. The van der Waals surface area contributed by atoms with E-state index in [4.69, 9.17) is 5.73 Å². The SMILES string of the molecule is NC(=O)c1cn(CC2=CC=CC(F)C2)cn1. The molecule has 0 spiro atoms. The second-order valence-corrected chi connectivity index (χ2v) is 3.73. The molecule has 1 aliphatic carbocycles. The quantitative estimate of drug-likeness (QED) is 0.833. The molecular weight excluding hydrogens is 209 g/mol. The lowest BCUT2D eigenvalue weighted by molar-refractivity contribution is 0.0996. The van der Waals surface area contributed by atoms with E-state index >= 15 is 0 Å². The number of carbonyl (C=O) groups is 1. The highest BCUT2D eigenvalue weighted by atomic mass is 19.1. The number of halogens is 1. The first kappa shape index (κ1) is 10.6. The van der Waals surface area contributed by atoms with Gasteiger partial charge in [-0.15, -0.1) is 0 Å². The molecule has 0 radical (unpaired) electrons. The zero-order valence-corrected chi connectivity index (χ0v) is 8.64. The molecule has 1 amide bonds. The Labute approximate surface area is 92.3 Å². The number of aromatic nitrogens is 2. The molecule has 1 heterocycles. The van der Waals surface area contributed by atoms with Crippen molar-refractivity contribution in [3.8, 4) is 0 Å². The minimum Gasteiger partial charge on any atom is -0.364 e. The van der Waals surface area contributed by atoms with Gasteiger partial charge in [-0.25, -0.2) is 9.37 Å². The summed E-state index contributed by atoms with van der Waals surface area (Å²) in [6.45, 7) is 0.533. The highest BCUT2D eigenvalue weighted by Gasteiger charge is 2.11. The van der Waals surface area contributed by atoms with Gasteiger partial charge in [0.25, 0.3) is 5.91 Å². The maximum absolute atomic E-state index is 13.0. The summed E-state index contributed by atoms with van der Waals surface area (Å²) in [7, 11) is 0. The van der Waals surface area contributed by atoms with Crippen molar-refractivity contribution in [2.24, 2.45) is 5.73 Å². The van der Waals surface area contributed by atoms with Gasteiger partial charge >= 0.3 is 0 Å². The standard InChI is InChI=1S/C11H12FN3O/c12-9-3-1-2-8(4-9)5-15-6-10(11(13)16)14-7-15/h1-3,6-7,9H,4-5H2,(H2,13,16). The highest BCUT2D eigenvalue weighted by Crippen LogP contribution is 2.17. The lowest BCUT2D eigenvalue weighted by atomic mass is 10.0. The first-order chi connectivity index (χ1) is 7.65. The number of rotatable bonds is 3. The van der Waals surface area contributed by atoms with Crippen molar-refractivity contribution >= 4 is 5.91 Å². The summed E-state index contributed by atoms with van der Waals surface area (Å²) >= 11 is 0. The van der Waals surface area contributed by atoms with E-state index in [0.29, 0.717) is 13.0 Å². The molecule has 4 nitrogen and oxygen atoms in total. The number of hydrogen-bond donors (Lipinski definition) is 1. The zero-order valence-electron chi connectivity index (χ0n) is 8.64. The highest BCUT2D eigenvalue weighted by molar-refractivity contribution is 5.90. The number of primary amides is 1. The molecule has 2 N–H and O–H groups in total. The molecule has 0 aromatic carbocycles. The maximum Gasteiger partial charge on any atom is 0.268 e. The van der Waals surface area contributed by atoms with E-state index in [1.165, 1.54) is 12.4 Å². The molecule has 1 unspecified atom stereocenters. The van der Waals surface area contributed by atoms with Crippen LogP contribution in [0.3, 0.4) is 0 Å². The van der Waals surface area contributed by atoms with E-state index in [9.17, 15) is 9.18 Å². The number of nitrogens with two attached hydrogens (primary N) is 1. The smallest absolute Gasteiger partial charge is 0.268 e. The van der Waals surface area contributed by atoms with Crippen molar-refractivity contribution < 1.29 is 9.18 Å². The summed E-state index contributed by atoms with van der Waals surface area (Å²) in [6, 6.07) is 0. The first-order valence-electron chi connectivity index (χ1n) is 4.97. The molecule has 84 valence electrons. The molecule has 5 heteroatoms. The van der Waals surface area contributed by atoms with Gasteiger partial charge in [0.15, 0.2) is 0 Å². The monoisotopic (exact) mass is 221 g/mol. The van der Waals surface area contributed by atoms with Gasteiger partial charge in [-0.1, -0.05) is 18.2 Å². The first-order valence-corrected chi connectivity index (χ1v) is 4.97. The molecule has 16 heavy (non-hydrogen) atoms. The normalized spacial score (nSPS) is 19.6. The average molecular weight is 221 g/mol. The van der Waals surface area contributed by atoms with Gasteiger partial charge in [-0.3, -0.25) is 4.79 Å². The minimum atomic E-state index is -0.917. The zero-order chi connectivity index (χ0) is 11.5. The van der Waals surface area contributed by atoms with E-state index in [1.807, 2.05) is 6.08 Å². The molecule has 0 saturated heterocycles. The fourth-order valence-corrected chi connectivity index (χ4v) is 1.62. The Morgan fingerprint density at radius 2 is 2.50 bits per heavy atom. The third-order valence-corrected chi connectivity index (χ3v) is 2.38. The number of allylic oxidation sites excluding steroid dienone is 4. The van der Waals surface area contributed by atoms with Crippen molar-refractivity contribution in [2.75, 3.05) is 0 Å². The summed E-state index contributed by atoms with van der Waals surface area (Å²) in [4.78, 5) is 14.7. The number of carbonyl (C=O) groups excluding carboxylic acids is 1. The average Bonchev–Trinajstić information content (AvgIpc) is 2.66. The number of amides is 1. The molecule has 0 saturated carbocycles. The van der Waals surface area contributed by atoms with Gasteiger partial charge in [-0.2, -0.15) is 0 Å². The Morgan fingerprint density at radius 3 is 3.12 bits per heavy atom. The van der Waals surface area contributed by atoms with E-state index in [0.717, 1.165) is 5.57 Å². The van der Waals surface area contributed by atoms with Crippen molar-refractivity contribution in [3.05, 3.63) is 42.0 Å². The fraction of sp³-hybridized carbons (Fsp3) is 0.273. The van der Waals surface area contributed by atoms with Crippen LogP contribution in [0, 0.1) is 0 Å². The molecule has 1 atom stereocenters. The van der Waals surface area contributed by atoms with E-state index < -0.39 is 12.1 Å². The van der Waals surface area contributed by atoms with Crippen molar-refractivity contribution in [1.82, 2.24) is 9.55 Å². The van der Waals surface area contributed by atoms with Crippen molar-refractivity contribution in [2.45, 2.75) is 19.1 Å². The van der Waals surface area contributed by atoms with Gasteiger partial charge in [-0.05, 0) is 5.57 Å². The Morgan fingerprint density at radius 1 is 1.69 bits per heavy atom. The predicted molar refractivity (Wildman–Crippen MR) is 57.5 cm³/mol. The van der Waals surface area contributed by atoms with Gasteiger partial charge in [0, 0.05) is 19.2 Å². The summed E-state index contributed by atoms with van der Waals surface area (Å²) in [5, 5.41) is 0. The van der Waals surface area contributed by atoms with Gasteiger partial charge < -0.3 is 10.3 Å². The molecule has 0 aliphatic heterocycles. The lowest BCUT2D eigenvalue weighted by Crippen LogP contribution is -2.11. The summed E-state index contributed by atoms with van der Waals surface area (Å²) < 4.78 is 14.8. The largest absolute Gasteiger partial charge is 0.364 e. The van der Waals surface area contributed by atoms with Gasteiger partial charge in [0.2, 0.25) is 0 Å². The molecule has 1 aliphatic rings. The van der Waals surface area contributed by atoms with Gasteiger partial charge in [0.05, 0.1) is 6.33 Å². The minimum absolute atomic E-state index is 0.226. The summed E-state index contributed by atoms with van der Waals surface area (Å²) in [6.07, 6.45) is 7.66. The second-order valence-electron chi connectivity index (χ2n) is 3.73. The van der Waals surface area contributed by atoms with Crippen molar-refractivity contribution in [1.29, 1.82) is 0 Å². The molecular formula is C11H12FN3O. The maximum atomic E-state index is 13.0. The van der Waals surface area contributed by atoms with Crippen LogP contribution in [0.1, 0.15) is 16.9 Å². The lowest BCUT2D eigenvalue weighted by Gasteiger charge is -2.12. The van der Waals surface area contributed by atoms with Crippen LogP contribution in [0.15, 0.2) is 36.3 Å². The van der Waals surface area contributed by atoms with E-state index in [2.05, 4.69) is 4.98 Å². The Hall–Kier alpha value is -1.91. The molecule has 2 rings (SSSR count). The molecule has 0 bridgehead atoms. The van der Waals surface area contributed by atoms with Crippen LogP contribution < -0.4 is 5.73 Å². The van der Waals surface area contributed by atoms with Crippen molar-refractivity contribution in [3.63, 3.8) is 0 Å². The van der Waals surface area contributed by atoms with Gasteiger partial charge in [0.1, 0.15) is 11.9 Å². The number of alkyl halides is 1. The number of nitrogens with zero attached hydrogens (tertiary/aromatic N) is 2. The van der Waals surface area contributed by atoms with Crippen LogP contribution in [0.25, 0.3) is 0 Å². The van der Waals surface area contributed by atoms with Crippen LogP contribution in [0.4, 0.5) is 4.39 Å². The predicted octanol–water partition coefficient (Wildman–Crippen LogP) is 1.21. The third kappa shape index (κ3) is 2.36. The molecule has 1 aromatic heterocycles. The van der Waals surface area contributed by atoms with Crippen LogP contribution in [0.2, 0.25) is 0 Å². The number of imidazole rings is 1. The summed E-state index contributed by atoms with van der Waals surface area (Å²) in [5.41, 5.74) is 6.27. The molecule has 0 fully saturated rings. The fourth-order valence-electron chi connectivity index (χ4n) is 1.62. The van der Waals surface area contributed by atoms with Crippen LogP contribution in [0.5, 0.6) is 0 Å². The Kier molecular flexibility index (Phi) is 2.85. The van der Waals surface area contributed by atoms with Crippen LogP contribution >= 0.6 is 0 Å². The summed E-state index contributed by atoms with van der Waals surface area (Å²) in [5.74, 6) is -0.556. The topological polar surface area (TPSA) is 60.9 Å². The molecule has 1 aromatic rings. The van der Waals surface area contributed by atoms with E-state index in [-0.39, 0.29) is 5.69 Å². The van der Waals surface area contributed by atoms with Crippen LogP contribution in [-0.4, -0.2) is 21.6 Å². The Balaban J connectivity index is 2.06.